The van der Waals surface area contributed by atoms with Gasteiger partial charge < -0.3 is 30.3 Å². The van der Waals surface area contributed by atoms with Gasteiger partial charge >= 0.3 is 0 Å². The monoisotopic (exact) mass is 995 g/mol. The second-order valence-electron chi connectivity index (χ2n) is 19.4. The molecule has 0 heterocycles. The third-order valence-corrected chi connectivity index (χ3v) is 19.6. The van der Waals surface area contributed by atoms with Gasteiger partial charge in [-0.3, -0.25) is 0 Å². The van der Waals surface area contributed by atoms with Crippen LogP contribution in [-0.2, 0) is 73.1 Å². The fraction of sp³-hybridized carbons (Fsp3) is 0.485. The Morgan fingerprint density at radius 1 is 0.333 bits per heavy atom. The summed E-state index contributed by atoms with van der Waals surface area (Å²) in [5, 5.41) is 9.84. The van der Waals surface area contributed by atoms with Crippen LogP contribution in [0.3, 0.4) is 0 Å². The van der Waals surface area contributed by atoms with Gasteiger partial charge in [-0.2, -0.15) is 6.07 Å². The second kappa shape index (κ2) is 33.7. The second-order valence-corrected chi connectivity index (χ2v) is 23.6. The summed E-state index contributed by atoms with van der Waals surface area (Å²) >= 11 is 0. The van der Waals surface area contributed by atoms with E-state index in [-0.39, 0.29) is 21.7 Å². The van der Waals surface area contributed by atoms with Gasteiger partial charge in [0.25, 0.3) is 0 Å². The van der Waals surface area contributed by atoms with E-state index in [1.54, 1.807) is 76.3 Å². The van der Waals surface area contributed by atoms with Crippen LogP contribution in [0.2, 0.25) is 0 Å². The van der Waals surface area contributed by atoms with Crippen molar-refractivity contribution in [3.05, 3.63) is 166 Å². The number of benzene rings is 4. The first-order valence-electron chi connectivity index (χ1n) is 28.0. The molecule has 6 aromatic carbocycles. The molecule has 0 amide bonds. The fourth-order valence-electron chi connectivity index (χ4n) is 10.2. The first-order valence-corrected chi connectivity index (χ1v) is 30.6. The number of hydrogen-bond acceptors (Lipinski definition) is 0. The van der Waals surface area contributed by atoms with E-state index in [2.05, 4.69) is 146 Å². The largest absolute Gasteiger partial charge is 0.748 e. The molecule has 3 heteroatoms. The van der Waals surface area contributed by atoms with Gasteiger partial charge in [0.15, 0.2) is 0 Å². The molecular weight excluding hydrogens is 903 g/mol. The van der Waals surface area contributed by atoms with Crippen molar-refractivity contribution in [1.29, 1.82) is 0 Å². The third-order valence-electron chi connectivity index (χ3n) is 14.1. The maximum absolute atomic E-state index is 2.63. The Bertz CT molecular complexity index is 1990. The SMILES string of the molecule is CCCCc1cccc(P(c2cccc(CCCC)c2CCCC)c2ccc[c-]2P(c2cccc(CCCC)c2CCCC)c2cccc(CCCC)c2CCCC)c1CCCC.[Ti].[cH-]1[cH-][cH-][cH-][cH-]1. The number of rotatable bonds is 30. The van der Waals surface area contributed by atoms with Gasteiger partial charge in [0, 0.05) is 21.7 Å². The quantitative estimate of drug-likeness (QED) is 0.0240. The Balaban J connectivity index is 0.00000162. The standard InChI is InChI=1S/C61H87P2.C5H5.Ti/c1-9-17-30-48-34-25-42-56(52(48)38-21-13-5)62(57-43-26-35-49(31-18-10-2)53(57)39-22-14-6)60-46-29-47-61(60)63(58-44-27-36-50(32-19-11-3)54(58)40-23-15-7)59-45-28-37-51(33-20-12-4)55(59)41-24-16-8;1-2-4-5-3-1;/h25-29,34-37,42-47H,9-24,30-33,38-41H2,1-8H3;1-5H;/q-1;-5;. The van der Waals surface area contributed by atoms with Gasteiger partial charge in [-0.15, -0.1) is 10.6 Å². The topological polar surface area (TPSA) is 0 Å². The van der Waals surface area contributed by atoms with Crippen LogP contribution in [-0.4, -0.2) is 0 Å². The summed E-state index contributed by atoms with van der Waals surface area (Å²) in [6.45, 7) is 19.0. The van der Waals surface area contributed by atoms with Crippen LogP contribution < -0.4 is 31.8 Å². The molecule has 69 heavy (non-hydrogen) atoms. The van der Waals surface area contributed by atoms with Gasteiger partial charge in [0.1, 0.15) is 0 Å². The molecule has 0 aliphatic carbocycles. The molecule has 0 aliphatic heterocycles. The van der Waals surface area contributed by atoms with Crippen molar-refractivity contribution in [3.63, 3.8) is 0 Å². The van der Waals surface area contributed by atoms with Crippen molar-refractivity contribution in [3.8, 4) is 0 Å². The summed E-state index contributed by atoms with van der Waals surface area (Å²) in [5.41, 5.74) is 13.1. The van der Waals surface area contributed by atoms with E-state index in [1.165, 1.54) is 154 Å². The molecule has 0 bridgehead atoms. The van der Waals surface area contributed by atoms with Crippen LogP contribution in [0.1, 0.15) is 203 Å². The van der Waals surface area contributed by atoms with Crippen molar-refractivity contribution >= 4 is 47.7 Å². The minimum atomic E-state index is -0.839. The molecule has 0 radical (unpaired) electrons. The molecule has 0 fully saturated rings. The fourth-order valence-corrected chi connectivity index (χ4v) is 16.5. The molecule has 0 aliphatic rings. The number of unbranched alkanes of at least 4 members (excludes halogenated alkanes) is 8. The van der Waals surface area contributed by atoms with Crippen LogP contribution in [0, 0.1) is 0 Å². The molecule has 0 nitrogen and oxygen atoms in total. The van der Waals surface area contributed by atoms with Crippen LogP contribution in [0.15, 0.2) is 121 Å². The maximum atomic E-state index is 2.63. The minimum absolute atomic E-state index is 0. The zero-order chi connectivity index (χ0) is 48.4. The molecule has 376 valence electrons. The van der Waals surface area contributed by atoms with Crippen LogP contribution >= 0.6 is 15.8 Å². The number of aryl methyl sites for hydroxylation is 4. The molecular formula is C66H92P2Ti-6. The van der Waals surface area contributed by atoms with E-state index in [0.29, 0.717) is 0 Å². The predicted molar refractivity (Wildman–Crippen MR) is 310 cm³/mol. The van der Waals surface area contributed by atoms with Gasteiger partial charge in [-0.1, -0.05) is 187 Å². The van der Waals surface area contributed by atoms with Gasteiger partial charge in [-0.05, 0) is 176 Å². The minimum Gasteiger partial charge on any atom is -0.748 e. The Kier molecular flexibility index (Phi) is 28.7. The summed E-state index contributed by atoms with van der Waals surface area (Å²) in [5.74, 6) is 0. The van der Waals surface area contributed by atoms with E-state index >= 15 is 0 Å². The molecule has 0 saturated carbocycles. The molecule has 0 aromatic heterocycles. The average Bonchev–Trinajstić information content (AvgIpc) is 4.12. The maximum Gasteiger partial charge on any atom is 0 e. The van der Waals surface area contributed by atoms with Crippen molar-refractivity contribution in [2.75, 3.05) is 0 Å². The Morgan fingerprint density at radius 2 is 0.609 bits per heavy atom. The van der Waals surface area contributed by atoms with Crippen LogP contribution in [0.25, 0.3) is 0 Å². The Hall–Kier alpha value is -2.85. The summed E-state index contributed by atoms with van der Waals surface area (Å²) < 4.78 is 0. The van der Waals surface area contributed by atoms with Gasteiger partial charge in [0.05, 0.1) is 0 Å². The zero-order valence-corrected chi connectivity index (χ0v) is 48.3. The van der Waals surface area contributed by atoms with E-state index in [9.17, 15) is 0 Å². The van der Waals surface area contributed by atoms with E-state index in [0.717, 1.165) is 0 Å². The van der Waals surface area contributed by atoms with Crippen molar-refractivity contribution in [2.24, 2.45) is 0 Å². The van der Waals surface area contributed by atoms with Crippen molar-refractivity contribution in [1.82, 2.24) is 0 Å². The van der Waals surface area contributed by atoms with E-state index < -0.39 is 15.8 Å². The van der Waals surface area contributed by atoms with E-state index in [4.69, 9.17) is 0 Å². The predicted octanol–water partition coefficient (Wildman–Crippen LogP) is 17.1. The molecule has 0 spiro atoms. The van der Waals surface area contributed by atoms with Gasteiger partial charge in [-0.25, -0.2) is 12.1 Å². The van der Waals surface area contributed by atoms with Crippen molar-refractivity contribution in [2.45, 2.75) is 209 Å². The first kappa shape index (κ1) is 58.7. The summed E-state index contributed by atoms with van der Waals surface area (Å²) in [4.78, 5) is 0. The molecule has 0 N–H and O–H groups in total. The van der Waals surface area contributed by atoms with Crippen molar-refractivity contribution < 1.29 is 21.7 Å². The van der Waals surface area contributed by atoms with Crippen LogP contribution in [0.4, 0.5) is 0 Å². The molecule has 0 saturated heterocycles. The Labute approximate surface area is 441 Å². The molecule has 0 atom stereocenters. The zero-order valence-electron chi connectivity index (χ0n) is 44.9. The third kappa shape index (κ3) is 16.9. The van der Waals surface area contributed by atoms with Crippen LogP contribution in [0.5, 0.6) is 0 Å². The number of hydrogen-bond donors (Lipinski definition) is 0. The summed E-state index contributed by atoms with van der Waals surface area (Å²) in [6.07, 6.45) is 29.3. The molecule has 6 rings (SSSR count). The molecule has 6 aromatic rings. The van der Waals surface area contributed by atoms with Gasteiger partial charge in [0.2, 0.25) is 0 Å². The smallest absolute Gasteiger partial charge is 0 e. The molecule has 0 unspecified atom stereocenters. The average molecular weight is 995 g/mol. The Morgan fingerprint density at radius 3 is 0.913 bits per heavy atom. The summed E-state index contributed by atoms with van der Waals surface area (Å²) in [7, 11) is -1.68. The van der Waals surface area contributed by atoms with E-state index in [1.807, 2.05) is 30.3 Å². The summed E-state index contributed by atoms with van der Waals surface area (Å²) in [6, 6.07) is 47.9. The first-order chi connectivity index (χ1) is 33.5. The normalized spacial score (nSPS) is 11.3.